The Morgan fingerprint density at radius 3 is 2.47 bits per heavy atom. The third-order valence-electron chi connectivity index (χ3n) is 3.42. The number of benzene rings is 1. The number of thiol groups is 1. The normalized spacial score (nSPS) is 22.2. The van der Waals surface area contributed by atoms with Crippen LogP contribution in [0.4, 0.5) is 5.69 Å². The summed E-state index contributed by atoms with van der Waals surface area (Å²) >= 11 is 4.43. The Morgan fingerprint density at radius 2 is 1.95 bits per heavy atom. The monoisotopic (exact) mass is 279 g/mol. The van der Waals surface area contributed by atoms with Gasteiger partial charge in [-0.3, -0.25) is 9.59 Å². The van der Waals surface area contributed by atoms with E-state index in [1.54, 1.807) is 24.3 Å². The largest absolute Gasteiger partial charge is 0.480 e. The van der Waals surface area contributed by atoms with Crippen molar-refractivity contribution < 1.29 is 14.7 Å². The van der Waals surface area contributed by atoms with E-state index in [0.29, 0.717) is 5.69 Å². The molecule has 2 atom stereocenters. The van der Waals surface area contributed by atoms with Gasteiger partial charge >= 0.3 is 5.97 Å². The van der Waals surface area contributed by atoms with Crippen molar-refractivity contribution in [3.8, 4) is 0 Å². The number of carbonyl (C=O) groups excluding carboxylic acids is 1. The van der Waals surface area contributed by atoms with Gasteiger partial charge in [-0.25, -0.2) is 0 Å². The fourth-order valence-corrected chi connectivity index (χ4v) is 2.93. The number of anilines is 1. The highest BCUT2D eigenvalue weighted by atomic mass is 32.1. The molecule has 1 aromatic carbocycles. The molecule has 0 spiro atoms. The minimum absolute atomic E-state index is 0.0347. The Kier molecular flexibility index (Phi) is 4.47. The van der Waals surface area contributed by atoms with Crippen LogP contribution >= 0.6 is 12.6 Å². The highest BCUT2D eigenvalue weighted by Crippen LogP contribution is 2.32. The van der Waals surface area contributed by atoms with Crippen LogP contribution in [0.5, 0.6) is 0 Å². The lowest BCUT2D eigenvalue weighted by molar-refractivity contribution is -0.137. The molecule has 1 aliphatic carbocycles. The first-order valence-corrected chi connectivity index (χ1v) is 6.87. The van der Waals surface area contributed by atoms with Gasteiger partial charge in [-0.05, 0) is 25.0 Å². The topological polar surface area (TPSA) is 57.6 Å². The zero-order valence-corrected chi connectivity index (χ0v) is 11.4. The third-order valence-corrected chi connectivity index (χ3v) is 4.04. The molecule has 19 heavy (non-hydrogen) atoms. The van der Waals surface area contributed by atoms with Crippen molar-refractivity contribution in [3.63, 3.8) is 0 Å². The van der Waals surface area contributed by atoms with Crippen molar-refractivity contribution in [3.05, 3.63) is 30.3 Å². The zero-order chi connectivity index (χ0) is 13.8. The van der Waals surface area contributed by atoms with E-state index in [2.05, 4.69) is 12.6 Å². The standard InChI is InChI=1S/C14H17NO3S/c16-13(17)9-15(10-5-2-1-3-6-10)14(18)11-7-4-8-12(11)19/h1-3,5-6,11-12,19H,4,7-9H2,(H,16,17)/t11-,12-/m1/s1. The number of carboxylic acid groups (broad SMARTS) is 1. The van der Waals surface area contributed by atoms with Crippen LogP contribution in [0.25, 0.3) is 0 Å². The van der Waals surface area contributed by atoms with Gasteiger partial charge in [0, 0.05) is 10.9 Å². The van der Waals surface area contributed by atoms with Gasteiger partial charge < -0.3 is 10.0 Å². The quantitative estimate of drug-likeness (QED) is 0.831. The summed E-state index contributed by atoms with van der Waals surface area (Å²) < 4.78 is 0. The van der Waals surface area contributed by atoms with E-state index >= 15 is 0 Å². The second kappa shape index (κ2) is 6.10. The van der Waals surface area contributed by atoms with E-state index in [-0.39, 0.29) is 23.6 Å². The first-order chi connectivity index (χ1) is 9.09. The summed E-state index contributed by atoms with van der Waals surface area (Å²) in [6, 6.07) is 8.94. The molecule has 0 unspecified atom stereocenters. The summed E-state index contributed by atoms with van der Waals surface area (Å²) in [6.45, 7) is -0.306. The van der Waals surface area contributed by atoms with Crippen molar-refractivity contribution in [1.82, 2.24) is 0 Å². The van der Waals surface area contributed by atoms with Crippen LogP contribution in [-0.2, 0) is 9.59 Å². The molecule has 2 rings (SSSR count). The summed E-state index contributed by atoms with van der Waals surface area (Å²) in [6.07, 6.45) is 2.67. The van der Waals surface area contributed by atoms with Crippen molar-refractivity contribution in [2.45, 2.75) is 24.5 Å². The molecule has 1 amide bonds. The van der Waals surface area contributed by atoms with E-state index in [0.717, 1.165) is 19.3 Å². The Balaban J connectivity index is 2.22. The molecule has 0 saturated heterocycles. The number of hydrogen-bond acceptors (Lipinski definition) is 3. The molecule has 1 fully saturated rings. The molecule has 1 saturated carbocycles. The predicted octanol–water partition coefficient (Wildman–Crippen LogP) is 2.20. The number of aliphatic carboxylic acids is 1. The summed E-state index contributed by atoms with van der Waals surface area (Å²) in [5.41, 5.74) is 0.627. The number of carbonyl (C=O) groups is 2. The van der Waals surface area contributed by atoms with Crippen LogP contribution in [-0.4, -0.2) is 28.8 Å². The minimum Gasteiger partial charge on any atom is -0.480 e. The Morgan fingerprint density at radius 1 is 1.26 bits per heavy atom. The molecular weight excluding hydrogens is 262 g/mol. The van der Waals surface area contributed by atoms with Crippen molar-refractivity contribution in [2.75, 3.05) is 11.4 Å². The van der Waals surface area contributed by atoms with Gasteiger partial charge in [0.2, 0.25) is 5.91 Å². The molecule has 0 bridgehead atoms. The molecule has 1 N–H and O–H groups in total. The van der Waals surface area contributed by atoms with Crippen LogP contribution in [0.15, 0.2) is 30.3 Å². The Hall–Kier alpha value is -1.49. The maximum atomic E-state index is 12.5. The van der Waals surface area contributed by atoms with E-state index in [9.17, 15) is 9.59 Å². The molecule has 1 aliphatic rings. The molecule has 0 aromatic heterocycles. The van der Waals surface area contributed by atoms with Gasteiger partial charge in [0.05, 0.1) is 5.92 Å². The number of amides is 1. The highest BCUT2D eigenvalue weighted by Gasteiger charge is 2.34. The summed E-state index contributed by atoms with van der Waals surface area (Å²) in [5.74, 6) is -1.32. The van der Waals surface area contributed by atoms with E-state index in [1.165, 1.54) is 4.90 Å². The van der Waals surface area contributed by atoms with Gasteiger partial charge in [-0.15, -0.1) is 0 Å². The highest BCUT2D eigenvalue weighted by molar-refractivity contribution is 7.81. The summed E-state index contributed by atoms with van der Waals surface area (Å²) in [7, 11) is 0. The SMILES string of the molecule is O=C(O)CN(C(=O)[C@@H]1CCC[C@H]1S)c1ccccc1. The van der Waals surface area contributed by atoms with Gasteiger partial charge in [0.25, 0.3) is 0 Å². The van der Waals surface area contributed by atoms with Gasteiger partial charge in [-0.2, -0.15) is 12.6 Å². The first-order valence-electron chi connectivity index (χ1n) is 6.36. The van der Waals surface area contributed by atoms with Crippen molar-refractivity contribution >= 4 is 30.2 Å². The van der Waals surface area contributed by atoms with E-state index in [1.807, 2.05) is 6.07 Å². The van der Waals surface area contributed by atoms with E-state index < -0.39 is 5.97 Å². The minimum atomic E-state index is -1.01. The number of rotatable bonds is 4. The smallest absolute Gasteiger partial charge is 0.323 e. The zero-order valence-electron chi connectivity index (χ0n) is 10.5. The van der Waals surface area contributed by atoms with Gasteiger partial charge in [0.15, 0.2) is 0 Å². The lowest BCUT2D eigenvalue weighted by Gasteiger charge is -2.25. The third kappa shape index (κ3) is 3.29. The average molecular weight is 279 g/mol. The number of nitrogens with zero attached hydrogens (tertiary/aromatic N) is 1. The molecule has 4 nitrogen and oxygen atoms in total. The molecule has 0 radical (unpaired) electrons. The summed E-state index contributed by atoms with van der Waals surface area (Å²) in [4.78, 5) is 24.8. The van der Waals surface area contributed by atoms with Crippen LogP contribution < -0.4 is 4.90 Å². The number of hydrogen-bond donors (Lipinski definition) is 2. The van der Waals surface area contributed by atoms with Gasteiger partial charge in [-0.1, -0.05) is 24.6 Å². The number of carboxylic acids is 1. The van der Waals surface area contributed by atoms with Crippen molar-refractivity contribution in [2.24, 2.45) is 5.92 Å². The maximum Gasteiger partial charge on any atom is 0.323 e. The second-order valence-corrected chi connectivity index (χ2v) is 5.42. The van der Waals surface area contributed by atoms with Gasteiger partial charge in [0.1, 0.15) is 6.54 Å². The van der Waals surface area contributed by atoms with Crippen LogP contribution in [0.3, 0.4) is 0 Å². The number of para-hydroxylation sites is 1. The Labute approximate surface area is 117 Å². The average Bonchev–Trinajstić information content (AvgIpc) is 2.82. The first kappa shape index (κ1) is 13.9. The lowest BCUT2D eigenvalue weighted by atomic mass is 10.1. The molecule has 0 heterocycles. The fourth-order valence-electron chi connectivity index (χ4n) is 2.47. The molecule has 1 aromatic rings. The molecule has 102 valence electrons. The fraction of sp³-hybridized carbons (Fsp3) is 0.429. The second-order valence-electron chi connectivity index (χ2n) is 4.76. The van der Waals surface area contributed by atoms with E-state index in [4.69, 9.17) is 5.11 Å². The maximum absolute atomic E-state index is 12.5. The molecule has 0 aliphatic heterocycles. The Bertz CT molecular complexity index is 463. The molecule has 5 heteroatoms. The molecular formula is C14H17NO3S. The van der Waals surface area contributed by atoms with Crippen molar-refractivity contribution in [1.29, 1.82) is 0 Å². The van der Waals surface area contributed by atoms with Crippen LogP contribution in [0, 0.1) is 5.92 Å². The van der Waals surface area contributed by atoms with Crippen LogP contribution in [0.2, 0.25) is 0 Å². The summed E-state index contributed by atoms with van der Waals surface area (Å²) in [5, 5.41) is 9.02. The van der Waals surface area contributed by atoms with Crippen LogP contribution in [0.1, 0.15) is 19.3 Å². The predicted molar refractivity (Wildman–Crippen MR) is 76.5 cm³/mol. The lowest BCUT2D eigenvalue weighted by Crippen LogP contribution is -2.41.